The van der Waals surface area contributed by atoms with Crippen LogP contribution in [0.4, 0.5) is 4.79 Å². The minimum absolute atomic E-state index is 0.103. The van der Waals surface area contributed by atoms with Gasteiger partial charge < -0.3 is 91.5 Å². The number of carbonyl (C=O) groups is 2. The molecule has 0 aromatic rings. The van der Waals surface area contributed by atoms with Crippen molar-refractivity contribution in [3.8, 4) is 0 Å². The number of carbonyl (C=O) groups excluding carboxylic acids is 2. The highest BCUT2D eigenvalue weighted by atomic mass is 16.7. The Labute approximate surface area is 404 Å². The minimum atomic E-state index is -2.28. The summed E-state index contributed by atoms with van der Waals surface area (Å²) >= 11 is 0. The molecule has 0 aromatic heterocycles. The number of aliphatic hydroxyl groups is 11. The number of urea groups is 1. The van der Waals surface area contributed by atoms with E-state index < -0.39 is 147 Å². The van der Waals surface area contributed by atoms with Gasteiger partial charge in [-0.25, -0.2) is 4.79 Å². The third kappa shape index (κ3) is 20.9. The summed E-state index contributed by atoms with van der Waals surface area (Å²) in [7, 11) is 0. The topological polar surface area (TPSA) is 344 Å². The maximum atomic E-state index is 12.8. The van der Waals surface area contributed by atoms with E-state index >= 15 is 0 Å². The average molecular weight is 982 g/mol. The van der Waals surface area contributed by atoms with Crippen LogP contribution in [-0.4, -0.2) is 185 Å². The lowest BCUT2D eigenvalue weighted by Gasteiger charge is -2.46. The number of fused-ring (bicyclic) bond motifs is 2. The van der Waals surface area contributed by atoms with Gasteiger partial charge in [0.1, 0.15) is 12.2 Å². The van der Waals surface area contributed by atoms with E-state index in [0.29, 0.717) is 0 Å². The molecule has 69 heavy (non-hydrogen) atoms. The molecule has 0 aromatic carbocycles. The van der Waals surface area contributed by atoms with E-state index in [9.17, 15) is 65.8 Å². The maximum Gasteiger partial charge on any atom is 0.315 e. The number of ether oxygens (including phenoxy) is 4. The minimum Gasteiger partial charge on any atom is -0.462 e. The number of aliphatic hydroxyl groups excluding tert-OH is 10. The Morgan fingerprint density at radius 2 is 1.30 bits per heavy atom. The number of nitrogens with two attached hydrogens (primary N) is 1. The first-order valence-corrected chi connectivity index (χ1v) is 23.8. The molecule has 19 atom stereocenters. The van der Waals surface area contributed by atoms with Crippen LogP contribution in [0.25, 0.3) is 0 Å². The van der Waals surface area contributed by atoms with Crippen molar-refractivity contribution in [2.45, 2.75) is 183 Å². The summed E-state index contributed by atoms with van der Waals surface area (Å²) in [6.45, 7) is 6.27. The Morgan fingerprint density at radius 3 is 1.91 bits per heavy atom. The van der Waals surface area contributed by atoms with Crippen molar-refractivity contribution in [3.05, 3.63) is 85.1 Å². The van der Waals surface area contributed by atoms with E-state index in [2.05, 4.69) is 10.6 Å². The van der Waals surface area contributed by atoms with Crippen LogP contribution in [-0.2, 0) is 23.7 Å². The van der Waals surface area contributed by atoms with Gasteiger partial charge in [-0.2, -0.15) is 0 Å². The molecule has 3 heterocycles. The van der Waals surface area contributed by atoms with Crippen LogP contribution in [0.5, 0.6) is 0 Å². The lowest BCUT2D eigenvalue weighted by molar-refractivity contribution is -0.303. The van der Waals surface area contributed by atoms with Crippen molar-refractivity contribution in [3.63, 3.8) is 0 Å². The van der Waals surface area contributed by atoms with Gasteiger partial charge in [0, 0.05) is 44.1 Å². The second kappa shape index (κ2) is 30.3. The monoisotopic (exact) mass is 982 g/mol. The first-order chi connectivity index (χ1) is 32.6. The summed E-state index contributed by atoms with van der Waals surface area (Å²) < 4.78 is 23.6. The molecule has 0 aliphatic carbocycles. The van der Waals surface area contributed by atoms with Gasteiger partial charge in [0.15, 0.2) is 12.1 Å². The van der Waals surface area contributed by atoms with Crippen molar-refractivity contribution >= 4 is 12.0 Å². The largest absolute Gasteiger partial charge is 0.462 e. The fraction of sp³-hybridized carbons (Fsp3) is 0.673. The van der Waals surface area contributed by atoms with E-state index in [1.807, 2.05) is 37.3 Å². The fourth-order valence-electron chi connectivity index (χ4n) is 8.21. The van der Waals surface area contributed by atoms with Gasteiger partial charge >= 0.3 is 12.0 Å². The van der Waals surface area contributed by atoms with Crippen LogP contribution in [0, 0.1) is 11.8 Å². The maximum absolute atomic E-state index is 12.8. The molecule has 2 saturated heterocycles. The number of rotatable bonds is 5. The summed E-state index contributed by atoms with van der Waals surface area (Å²) in [5, 5.41) is 124. The molecule has 0 radical (unpaired) electrons. The third-order valence-electron chi connectivity index (χ3n) is 12.4. The number of allylic oxidation sites excluding steroid dienone is 12. The van der Waals surface area contributed by atoms with Gasteiger partial charge in [0.2, 0.25) is 0 Å². The number of hydrogen-bond donors (Lipinski definition) is 14. The zero-order valence-electron chi connectivity index (χ0n) is 40.0. The zero-order chi connectivity index (χ0) is 51.3. The predicted molar refractivity (Wildman–Crippen MR) is 253 cm³/mol. The molecule has 0 saturated carbocycles. The normalized spacial score (nSPS) is 43.4. The van der Waals surface area contributed by atoms with Crippen molar-refractivity contribution < 1.29 is 84.7 Å². The molecule has 2 fully saturated rings. The molecule has 20 nitrogen and oxygen atoms in total. The van der Waals surface area contributed by atoms with E-state index in [0.717, 1.165) is 0 Å². The van der Waals surface area contributed by atoms with Crippen LogP contribution in [0.3, 0.4) is 0 Å². The van der Waals surface area contributed by atoms with Gasteiger partial charge in [-0.15, -0.1) is 0 Å². The van der Waals surface area contributed by atoms with Crippen molar-refractivity contribution in [2.75, 3.05) is 13.2 Å². The number of cyclic esters (lactones) is 1. The van der Waals surface area contributed by atoms with Gasteiger partial charge in [0.25, 0.3) is 0 Å². The van der Waals surface area contributed by atoms with Crippen LogP contribution in [0.2, 0.25) is 0 Å². The molecule has 392 valence electrons. The second-order valence-electron chi connectivity index (χ2n) is 18.4. The number of nitrogens with one attached hydrogen (secondary N) is 2. The van der Waals surface area contributed by atoms with Crippen LogP contribution in [0.1, 0.15) is 79.1 Å². The number of hydrogen-bond acceptors (Lipinski definition) is 18. The zero-order valence-corrected chi connectivity index (χ0v) is 40.0. The quantitative estimate of drug-likeness (QED) is 0.157. The molecule has 0 spiro atoms. The Balaban J connectivity index is 1.91. The molecule has 20 heteroatoms. The molecular formula is C49H79N3O17. The van der Waals surface area contributed by atoms with Crippen LogP contribution >= 0.6 is 0 Å². The van der Waals surface area contributed by atoms with Crippen molar-refractivity contribution in [1.82, 2.24) is 10.6 Å². The van der Waals surface area contributed by atoms with Gasteiger partial charge in [0.05, 0.1) is 92.3 Å². The molecule has 3 aliphatic heterocycles. The lowest BCUT2D eigenvalue weighted by atomic mass is 9.87. The second-order valence-corrected chi connectivity index (χ2v) is 18.4. The van der Waals surface area contributed by atoms with Crippen LogP contribution in [0.15, 0.2) is 85.1 Å². The molecule has 3 aliphatic rings. The highest BCUT2D eigenvalue weighted by Gasteiger charge is 2.49. The number of esters is 1. The molecule has 2 bridgehead atoms. The highest BCUT2D eigenvalue weighted by Crippen LogP contribution is 2.35. The summed E-state index contributed by atoms with van der Waals surface area (Å²) in [6, 6.07) is -3.14. The van der Waals surface area contributed by atoms with E-state index in [-0.39, 0.29) is 44.8 Å². The fourth-order valence-corrected chi connectivity index (χ4v) is 8.21. The predicted octanol–water partition coefficient (Wildman–Crippen LogP) is -0.329. The molecule has 15 N–H and O–H groups in total. The molecule has 10 unspecified atom stereocenters. The Hall–Kier alpha value is -3.68. The smallest absolute Gasteiger partial charge is 0.315 e. The molecule has 2 amide bonds. The van der Waals surface area contributed by atoms with E-state index in [1.54, 1.807) is 75.5 Å². The summed E-state index contributed by atoms with van der Waals surface area (Å²) in [5.41, 5.74) is 6.08. The van der Waals surface area contributed by atoms with E-state index in [1.165, 1.54) is 0 Å². The van der Waals surface area contributed by atoms with Gasteiger partial charge in [-0.1, -0.05) is 98.9 Å². The van der Waals surface area contributed by atoms with Crippen molar-refractivity contribution in [1.29, 1.82) is 0 Å². The standard InChI is InChI=1S/C49H79N3O17/c1-29-17-15-13-11-9-7-5-6-8-10-12-14-16-18-36(68-47-46(63)42(50)45(62)32(4)67-47)26-40-43(52-48(64)51-21-22-53)39(59)28-49(65,69-40)27-35(56)24-38(58)37(57)20-19-33(54)23-34(55)25-41(60)66-31(3)30(2)44(29)61/h5-18,29-40,42-47,53-59,61-63,65H,19-28,50H2,1-4H3,(H2,51,52,64)/b6-5+,9-7+,10-8+,13-11+,14-12+,17-15+,18-16+/t29-,30-,31-,32+,33?,34?,35?,36?,37?,38?,39-,40-,42-,43?,44?,45+,46-,47?,49?/m0/s1. The molecular weight excluding hydrogens is 903 g/mol. The van der Waals surface area contributed by atoms with Crippen molar-refractivity contribution in [2.24, 2.45) is 17.6 Å². The summed E-state index contributed by atoms with van der Waals surface area (Å²) in [4.78, 5) is 25.5. The first kappa shape index (κ1) is 59.6. The average Bonchev–Trinajstić information content (AvgIpc) is 3.28. The summed E-state index contributed by atoms with van der Waals surface area (Å²) in [6.07, 6.45) is 4.46. The van der Waals surface area contributed by atoms with Gasteiger partial charge in [-0.05, 0) is 33.1 Å². The highest BCUT2D eigenvalue weighted by molar-refractivity contribution is 5.74. The van der Waals surface area contributed by atoms with Gasteiger partial charge in [-0.3, -0.25) is 4.79 Å². The van der Waals surface area contributed by atoms with E-state index in [4.69, 9.17) is 24.7 Å². The SMILES string of the molecule is C[C@@H]1OC(=O)CC(O)CC(O)CCC(O)C(O)CC(O)CC2(O)C[C@H](O)C(NC(=O)NCCO)[C@H](CC(OC3O[C@H](C)[C@@H](O)[C@H](N)[C@@H]3O)/C=C/C=C/C=C/C=C/C=C/C=C/C=C/[C@H](C)C(O)[C@H]1C)O2. The summed E-state index contributed by atoms with van der Waals surface area (Å²) in [5.74, 6) is -3.74. The Morgan fingerprint density at radius 1 is 0.710 bits per heavy atom. The lowest BCUT2D eigenvalue weighted by Crippen LogP contribution is -2.64. The first-order valence-electron chi connectivity index (χ1n) is 23.8. The molecule has 3 rings (SSSR count). The Bertz CT molecular complexity index is 1740. The Kier molecular flexibility index (Phi) is 26.1. The third-order valence-corrected chi connectivity index (χ3v) is 12.4. The number of amides is 2. The van der Waals surface area contributed by atoms with Crippen LogP contribution < -0.4 is 16.4 Å².